The number of nitrogens with zero attached hydrogens (tertiary/aromatic N) is 1. The predicted molar refractivity (Wildman–Crippen MR) is 94.9 cm³/mol. The zero-order valence-electron chi connectivity index (χ0n) is 10.6. The Balaban J connectivity index is 1.97. The van der Waals surface area contributed by atoms with Gasteiger partial charge >= 0.3 is 0 Å². The number of hydrogen-bond acceptors (Lipinski definition) is 2. The summed E-state index contributed by atoms with van der Waals surface area (Å²) in [5.74, 6) is 0. The third-order valence-corrected chi connectivity index (χ3v) is 3.83. The van der Waals surface area contributed by atoms with Gasteiger partial charge in [0.05, 0.1) is 21.9 Å². The molecule has 0 heterocycles. The quantitative estimate of drug-likeness (QED) is 0.462. The molecule has 0 aromatic heterocycles. The number of hydrogen-bond donors (Lipinski definition) is 2. The number of rotatable bonds is 3. The first kappa shape index (κ1) is 16.0. The predicted octanol–water partition coefficient (Wildman–Crippen LogP) is 4.97. The summed E-state index contributed by atoms with van der Waals surface area (Å²) >= 11 is 23.1. The molecule has 0 aliphatic heterocycles. The van der Waals surface area contributed by atoms with Crippen molar-refractivity contribution in [2.24, 2.45) is 5.10 Å². The van der Waals surface area contributed by atoms with Crippen molar-refractivity contribution >= 4 is 64.0 Å². The van der Waals surface area contributed by atoms with Crippen molar-refractivity contribution in [2.75, 3.05) is 5.32 Å². The smallest absolute Gasteiger partial charge is 0.191 e. The standard InChI is InChI=1S/C14H10Cl3N3S/c15-10-5-2-1-4-9(10)8-18-20-14(21)19-12-7-3-6-11(16)13(12)17/h1-8H,(H2,19,20,21)/b18-8-. The van der Waals surface area contributed by atoms with Crippen molar-refractivity contribution in [3.63, 3.8) is 0 Å². The first-order chi connectivity index (χ1) is 10.1. The Bertz CT molecular complexity index is 689. The van der Waals surface area contributed by atoms with E-state index >= 15 is 0 Å². The maximum Gasteiger partial charge on any atom is 0.191 e. The van der Waals surface area contributed by atoms with Crippen LogP contribution in [0, 0.1) is 0 Å². The number of anilines is 1. The van der Waals surface area contributed by atoms with E-state index in [0.29, 0.717) is 25.9 Å². The van der Waals surface area contributed by atoms with Crippen LogP contribution in [0.15, 0.2) is 47.6 Å². The van der Waals surface area contributed by atoms with Crippen molar-refractivity contribution in [1.29, 1.82) is 0 Å². The molecule has 0 saturated carbocycles. The summed E-state index contributed by atoms with van der Waals surface area (Å²) in [4.78, 5) is 0. The number of benzene rings is 2. The lowest BCUT2D eigenvalue weighted by molar-refractivity contribution is 1.05. The lowest BCUT2D eigenvalue weighted by Gasteiger charge is -2.09. The van der Waals surface area contributed by atoms with Crippen LogP contribution in [0.1, 0.15) is 5.56 Å². The van der Waals surface area contributed by atoms with E-state index in [1.54, 1.807) is 30.5 Å². The molecule has 2 aromatic rings. The van der Waals surface area contributed by atoms with Crippen molar-refractivity contribution < 1.29 is 0 Å². The molecule has 0 amide bonds. The number of nitrogens with one attached hydrogen (secondary N) is 2. The SMILES string of the molecule is S=C(N/N=C\c1ccccc1Cl)Nc1cccc(Cl)c1Cl. The van der Waals surface area contributed by atoms with E-state index in [1.807, 2.05) is 18.2 Å². The number of halogens is 3. The second-order valence-corrected chi connectivity index (χ2v) is 5.55. The zero-order chi connectivity index (χ0) is 15.2. The van der Waals surface area contributed by atoms with E-state index < -0.39 is 0 Å². The minimum Gasteiger partial charge on any atom is -0.330 e. The van der Waals surface area contributed by atoms with E-state index in [9.17, 15) is 0 Å². The minimum atomic E-state index is 0.294. The number of thiocarbonyl (C=S) groups is 1. The lowest BCUT2D eigenvalue weighted by atomic mass is 10.2. The molecule has 0 fully saturated rings. The summed E-state index contributed by atoms with van der Waals surface area (Å²) in [7, 11) is 0. The normalized spacial score (nSPS) is 10.6. The molecule has 21 heavy (non-hydrogen) atoms. The fourth-order valence-electron chi connectivity index (χ4n) is 1.49. The molecule has 2 aromatic carbocycles. The van der Waals surface area contributed by atoms with Crippen LogP contribution in [-0.2, 0) is 0 Å². The molecule has 3 nitrogen and oxygen atoms in total. The van der Waals surface area contributed by atoms with Crippen molar-refractivity contribution in [3.8, 4) is 0 Å². The molecule has 0 atom stereocenters. The monoisotopic (exact) mass is 357 g/mol. The van der Waals surface area contributed by atoms with Crippen LogP contribution in [0.4, 0.5) is 5.69 Å². The van der Waals surface area contributed by atoms with E-state index in [2.05, 4.69) is 15.8 Å². The first-order valence-electron chi connectivity index (χ1n) is 5.86. The maximum absolute atomic E-state index is 6.05. The van der Waals surface area contributed by atoms with Crippen LogP contribution in [-0.4, -0.2) is 11.3 Å². The summed E-state index contributed by atoms with van der Waals surface area (Å²) in [6, 6.07) is 12.6. The lowest BCUT2D eigenvalue weighted by Crippen LogP contribution is -2.24. The molecule has 0 radical (unpaired) electrons. The van der Waals surface area contributed by atoms with Gasteiger partial charge in [-0.2, -0.15) is 5.10 Å². The summed E-state index contributed by atoms with van der Waals surface area (Å²) in [6.07, 6.45) is 1.58. The van der Waals surface area contributed by atoms with Gasteiger partial charge < -0.3 is 5.32 Å². The van der Waals surface area contributed by atoms with Gasteiger partial charge in [0.2, 0.25) is 0 Å². The molecule has 0 bridgehead atoms. The molecule has 0 unspecified atom stereocenters. The Morgan fingerprint density at radius 1 is 1.00 bits per heavy atom. The summed E-state index contributed by atoms with van der Waals surface area (Å²) in [5.41, 5.74) is 4.08. The fraction of sp³-hybridized carbons (Fsp3) is 0. The third kappa shape index (κ3) is 4.58. The Kier molecular flexibility index (Phi) is 5.82. The second-order valence-electron chi connectivity index (χ2n) is 3.95. The molecular formula is C14H10Cl3N3S. The van der Waals surface area contributed by atoms with Gasteiger partial charge in [-0.25, -0.2) is 0 Å². The van der Waals surface area contributed by atoms with E-state index in [-0.39, 0.29) is 0 Å². The highest BCUT2D eigenvalue weighted by atomic mass is 35.5. The summed E-state index contributed by atoms with van der Waals surface area (Å²) in [6.45, 7) is 0. The third-order valence-electron chi connectivity index (χ3n) is 2.47. The molecular weight excluding hydrogens is 349 g/mol. The van der Waals surface area contributed by atoms with Crippen LogP contribution < -0.4 is 10.7 Å². The average molecular weight is 359 g/mol. The first-order valence-corrected chi connectivity index (χ1v) is 7.41. The summed E-state index contributed by atoms with van der Waals surface area (Å²) in [5, 5.41) is 8.67. The van der Waals surface area contributed by atoms with Crippen molar-refractivity contribution in [1.82, 2.24) is 5.43 Å². The zero-order valence-corrected chi connectivity index (χ0v) is 13.7. The molecule has 108 valence electrons. The highest BCUT2D eigenvalue weighted by Crippen LogP contribution is 2.29. The minimum absolute atomic E-state index is 0.294. The van der Waals surface area contributed by atoms with E-state index in [1.165, 1.54) is 0 Å². The Morgan fingerprint density at radius 3 is 2.48 bits per heavy atom. The maximum atomic E-state index is 6.05. The van der Waals surface area contributed by atoms with Gasteiger partial charge in [-0.15, -0.1) is 0 Å². The van der Waals surface area contributed by atoms with E-state index in [4.69, 9.17) is 47.0 Å². The molecule has 0 aliphatic rings. The molecule has 0 spiro atoms. The van der Waals surface area contributed by atoms with Crippen molar-refractivity contribution in [3.05, 3.63) is 63.1 Å². The van der Waals surface area contributed by atoms with Gasteiger partial charge in [0.25, 0.3) is 0 Å². The number of hydrazone groups is 1. The topological polar surface area (TPSA) is 36.4 Å². The van der Waals surface area contributed by atoms with E-state index in [0.717, 1.165) is 5.56 Å². The van der Waals surface area contributed by atoms with Gasteiger partial charge in [0.1, 0.15) is 0 Å². The molecule has 2 rings (SSSR count). The molecule has 0 aliphatic carbocycles. The van der Waals surface area contributed by atoms with Gasteiger partial charge in [-0.05, 0) is 30.4 Å². The van der Waals surface area contributed by atoms with Gasteiger partial charge in [0.15, 0.2) is 5.11 Å². The van der Waals surface area contributed by atoms with Crippen LogP contribution in [0.2, 0.25) is 15.1 Å². The van der Waals surface area contributed by atoms with Crippen LogP contribution in [0.25, 0.3) is 0 Å². The fourth-order valence-corrected chi connectivity index (χ4v) is 2.19. The Hall–Kier alpha value is -1.33. The van der Waals surface area contributed by atoms with Gasteiger partial charge in [-0.3, -0.25) is 5.43 Å². The Morgan fingerprint density at radius 2 is 1.71 bits per heavy atom. The largest absolute Gasteiger partial charge is 0.330 e. The van der Waals surface area contributed by atoms with Crippen LogP contribution in [0.3, 0.4) is 0 Å². The summed E-state index contributed by atoms with van der Waals surface area (Å²) < 4.78 is 0. The molecule has 2 N–H and O–H groups in total. The average Bonchev–Trinajstić information content (AvgIpc) is 2.46. The molecule has 7 heteroatoms. The van der Waals surface area contributed by atoms with Crippen LogP contribution in [0.5, 0.6) is 0 Å². The second kappa shape index (κ2) is 7.61. The van der Waals surface area contributed by atoms with Gasteiger partial charge in [-0.1, -0.05) is 59.1 Å². The molecule has 0 saturated heterocycles. The van der Waals surface area contributed by atoms with Crippen molar-refractivity contribution in [2.45, 2.75) is 0 Å². The highest BCUT2D eigenvalue weighted by Gasteiger charge is 2.05. The van der Waals surface area contributed by atoms with Gasteiger partial charge in [0, 0.05) is 10.6 Å². The highest BCUT2D eigenvalue weighted by molar-refractivity contribution is 7.80. The van der Waals surface area contributed by atoms with Crippen LogP contribution >= 0.6 is 47.0 Å². The Labute approximate surface area is 142 Å².